The number of rotatable bonds is 7. The Kier molecular flexibility index (Phi) is 5.45. The lowest BCUT2D eigenvalue weighted by molar-refractivity contribution is -0.0506. The number of carbonyl (C=O) groups is 1. The molecule has 0 saturated carbocycles. The molecule has 1 aliphatic heterocycles. The van der Waals surface area contributed by atoms with Crippen molar-refractivity contribution in [2.75, 3.05) is 19.8 Å². The van der Waals surface area contributed by atoms with Crippen molar-refractivity contribution < 1.29 is 19.4 Å². The predicted molar refractivity (Wildman–Crippen MR) is 121 cm³/mol. The van der Waals surface area contributed by atoms with Crippen molar-refractivity contribution in [3.8, 4) is 16.3 Å². The minimum absolute atomic E-state index is 0.187. The highest BCUT2D eigenvalue weighted by atomic mass is 32.1. The predicted octanol–water partition coefficient (Wildman–Crippen LogP) is 5.59. The molecule has 0 spiro atoms. The summed E-state index contributed by atoms with van der Waals surface area (Å²) in [6.45, 7) is 13.5. The summed E-state index contributed by atoms with van der Waals surface area (Å²) in [7, 11) is 0. The van der Waals surface area contributed by atoms with Gasteiger partial charge in [0.05, 0.1) is 46.9 Å². The molecule has 0 radical (unpaired) electrons. The Hall–Kier alpha value is -2.96. The lowest BCUT2D eigenvalue weighted by Gasteiger charge is -2.26. The second-order valence-corrected chi connectivity index (χ2v) is 8.47. The maximum atomic E-state index is 12.2. The molecule has 0 atom stereocenters. The summed E-state index contributed by atoms with van der Waals surface area (Å²) in [4.78, 5) is 19.0. The average molecular weight is 422 g/mol. The monoisotopic (exact) mass is 421 g/mol. The van der Waals surface area contributed by atoms with Crippen LogP contribution in [0.15, 0.2) is 31.4 Å². The van der Waals surface area contributed by atoms with Gasteiger partial charge in [0.2, 0.25) is 0 Å². The molecule has 4 rings (SSSR count). The number of benzene rings is 1. The number of aromatic nitrogens is 1. The number of hydrogen-bond acceptors (Lipinski definition) is 5. The zero-order chi connectivity index (χ0) is 21.4. The molecule has 5 nitrogen and oxygen atoms in total. The lowest BCUT2D eigenvalue weighted by atomic mass is 10.0. The first-order chi connectivity index (χ1) is 14.4. The maximum Gasteiger partial charge on any atom is 0.336 e. The summed E-state index contributed by atoms with van der Waals surface area (Å²) in [5.74, 6) is -0.126. The summed E-state index contributed by atoms with van der Waals surface area (Å²) in [5, 5.41) is 10.5. The fraction of sp³-hybridized carbons (Fsp3) is 0.250. The van der Waals surface area contributed by atoms with Crippen LogP contribution in [0.5, 0.6) is 5.75 Å². The minimum Gasteiger partial charge on any atom is -0.492 e. The van der Waals surface area contributed by atoms with E-state index in [0.29, 0.717) is 48.1 Å². The number of hydrogen-bond donors (Lipinski definition) is 1. The van der Waals surface area contributed by atoms with Crippen LogP contribution in [-0.2, 0) is 4.74 Å². The number of nitrogens with zero attached hydrogens (tertiary/aromatic N) is 1. The Morgan fingerprint density at radius 2 is 2.10 bits per heavy atom. The number of carboxylic acids is 1. The number of thiophene rings is 1. The van der Waals surface area contributed by atoms with Gasteiger partial charge < -0.3 is 14.6 Å². The van der Waals surface area contributed by atoms with Crippen molar-refractivity contribution in [1.29, 1.82) is 0 Å². The zero-order valence-electron chi connectivity index (χ0n) is 17.0. The molecule has 154 valence electrons. The SMILES string of the molecule is C=Cc1sc(-c2cc(C(=O)O)c3c(OCC4COC4)ccc(C)c3n2)c(C)c1C=C. The smallest absolute Gasteiger partial charge is 0.336 e. The number of aryl methyl sites for hydroxylation is 1. The molecule has 30 heavy (non-hydrogen) atoms. The first-order valence-electron chi connectivity index (χ1n) is 9.71. The van der Waals surface area contributed by atoms with Crippen LogP contribution in [-0.4, -0.2) is 35.9 Å². The molecule has 0 bridgehead atoms. The summed E-state index contributed by atoms with van der Waals surface area (Å²) in [6, 6.07) is 5.39. The van der Waals surface area contributed by atoms with Crippen LogP contribution in [0.1, 0.15) is 31.9 Å². The molecule has 1 saturated heterocycles. The molecule has 6 heteroatoms. The molecule has 1 aliphatic rings. The topological polar surface area (TPSA) is 68.7 Å². The number of fused-ring (bicyclic) bond motifs is 1. The van der Waals surface area contributed by atoms with Crippen LogP contribution >= 0.6 is 11.3 Å². The Balaban J connectivity index is 1.91. The van der Waals surface area contributed by atoms with E-state index >= 15 is 0 Å². The second kappa shape index (κ2) is 8.05. The molecule has 1 aromatic carbocycles. The number of pyridine rings is 1. The summed E-state index contributed by atoms with van der Waals surface area (Å²) in [5.41, 5.74) is 4.37. The van der Waals surface area contributed by atoms with E-state index in [-0.39, 0.29) is 5.56 Å². The molecular weight excluding hydrogens is 398 g/mol. The summed E-state index contributed by atoms with van der Waals surface area (Å²) in [6.07, 6.45) is 3.59. The van der Waals surface area contributed by atoms with Crippen molar-refractivity contribution in [1.82, 2.24) is 4.98 Å². The van der Waals surface area contributed by atoms with Gasteiger partial charge in [-0.2, -0.15) is 0 Å². The molecular formula is C24H23NO4S. The first kappa shape index (κ1) is 20.3. The van der Waals surface area contributed by atoms with E-state index in [9.17, 15) is 9.90 Å². The number of ether oxygens (including phenoxy) is 2. The second-order valence-electron chi connectivity index (χ2n) is 7.42. The largest absolute Gasteiger partial charge is 0.492 e. The van der Waals surface area contributed by atoms with Crippen molar-refractivity contribution in [2.24, 2.45) is 5.92 Å². The van der Waals surface area contributed by atoms with Crippen LogP contribution < -0.4 is 4.74 Å². The lowest BCUT2D eigenvalue weighted by Crippen LogP contribution is -2.32. The van der Waals surface area contributed by atoms with Gasteiger partial charge in [-0.25, -0.2) is 9.78 Å². The highest BCUT2D eigenvalue weighted by Crippen LogP contribution is 2.40. The van der Waals surface area contributed by atoms with Gasteiger partial charge in [-0.3, -0.25) is 0 Å². The minimum atomic E-state index is -1.01. The Bertz CT molecular complexity index is 1170. The normalized spacial score (nSPS) is 13.8. The summed E-state index contributed by atoms with van der Waals surface area (Å²) >= 11 is 1.54. The molecule has 0 unspecified atom stereocenters. The van der Waals surface area contributed by atoms with Crippen LogP contribution in [0.4, 0.5) is 0 Å². The molecule has 0 amide bonds. The Labute approximate surface area is 179 Å². The summed E-state index contributed by atoms with van der Waals surface area (Å²) < 4.78 is 11.2. The molecule has 3 heterocycles. The Morgan fingerprint density at radius 3 is 2.67 bits per heavy atom. The van der Waals surface area contributed by atoms with Gasteiger partial charge >= 0.3 is 5.97 Å². The first-order valence-corrected chi connectivity index (χ1v) is 10.5. The van der Waals surface area contributed by atoms with Crippen molar-refractivity contribution in [2.45, 2.75) is 13.8 Å². The van der Waals surface area contributed by atoms with Gasteiger partial charge in [0.1, 0.15) is 5.75 Å². The van der Waals surface area contributed by atoms with Crippen LogP contribution in [0.3, 0.4) is 0 Å². The Morgan fingerprint density at radius 1 is 1.33 bits per heavy atom. The third kappa shape index (κ3) is 3.42. The van der Waals surface area contributed by atoms with E-state index in [1.807, 2.05) is 26.0 Å². The quantitative estimate of drug-likeness (QED) is 0.539. The molecule has 1 N–H and O–H groups in total. The zero-order valence-corrected chi connectivity index (χ0v) is 17.8. The third-order valence-corrected chi connectivity index (χ3v) is 6.71. The van der Waals surface area contributed by atoms with Crippen molar-refractivity contribution in [3.05, 3.63) is 58.5 Å². The number of carboxylic acid groups (broad SMARTS) is 1. The van der Waals surface area contributed by atoms with E-state index in [1.165, 1.54) is 11.3 Å². The van der Waals surface area contributed by atoms with Gasteiger partial charge in [-0.05, 0) is 42.7 Å². The maximum absolute atomic E-state index is 12.2. The van der Waals surface area contributed by atoms with E-state index < -0.39 is 5.97 Å². The van der Waals surface area contributed by atoms with E-state index in [1.54, 1.807) is 18.2 Å². The van der Waals surface area contributed by atoms with Gasteiger partial charge in [0.25, 0.3) is 0 Å². The van der Waals surface area contributed by atoms with Crippen molar-refractivity contribution in [3.63, 3.8) is 0 Å². The fourth-order valence-electron chi connectivity index (χ4n) is 3.63. The van der Waals surface area contributed by atoms with Crippen LogP contribution in [0.2, 0.25) is 0 Å². The van der Waals surface area contributed by atoms with Crippen LogP contribution in [0.25, 0.3) is 33.6 Å². The highest BCUT2D eigenvalue weighted by Gasteiger charge is 2.23. The average Bonchev–Trinajstić information content (AvgIpc) is 3.03. The molecule has 1 fully saturated rings. The van der Waals surface area contributed by atoms with E-state index in [0.717, 1.165) is 26.4 Å². The van der Waals surface area contributed by atoms with E-state index in [4.69, 9.17) is 14.5 Å². The molecule has 0 aliphatic carbocycles. The standard InChI is InChI=1S/C24H23NO4S/c1-5-16-14(4)23(30-20(16)6-2)18-9-17(24(26)27)21-19(29-12-15-10-28-11-15)8-7-13(3)22(21)25-18/h5-9,15H,1-2,10-12H2,3-4H3,(H,26,27). The molecule has 3 aromatic rings. The van der Waals surface area contributed by atoms with Crippen molar-refractivity contribution >= 4 is 40.4 Å². The third-order valence-electron chi connectivity index (χ3n) is 5.38. The highest BCUT2D eigenvalue weighted by molar-refractivity contribution is 7.16. The molecule has 2 aromatic heterocycles. The fourth-order valence-corrected chi connectivity index (χ4v) is 4.76. The van der Waals surface area contributed by atoms with Crippen LogP contribution in [0, 0.1) is 19.8 Å². The van der Waals surface area contributed by atoms with Gasteiger partial charge in [0.15, 0.2) is 0 Å². The number of aromatic carboxylic acids is 1. The van der Waals surface area contributed by atoms with Gasteiger partial charge in [0, 0.05) is 10.8 Å². The van der Waals surface area contributed by atoms with E-state index in [2.05, 4.69) is 13.2 Å². The van der Waals surface area contributed by atoms with Gasteiger partial charge in [-0.1, -0.05) is 31.4 Å². The van der Waals surface area contributed by atoms with Gasteiger partial charge in [-0.15, -0.1) is 11.3 Å².